The quantitative estimate of drug-likeness (QED) is 0.799. The van der Waals surface area contributed by atoms with E-state index in [2.05, 4.69) is 10.6 Å². The highest BCUT2D eigenvalue weighted by Crippen LogP contribution is 2.38. The van der Waals surface area contributed by atoms with Crippen molar-refractivity contribution in [2.24, 2.45) is 0 Å². The molecule has 0 bridgehead atoms. The fraction of sp³-hybridized carbons (Fsp3) is 0.375. The summed E-state index contributed by atoms with van der Waals surface area (Å²) in [5, 5.41) is 5.77. The number of hydrogen-bond acceptors (Lipinski definition) is 4. The minimum Gasteiger partial charge on any atom is -0.486 e. The van der Waals surface area contributed by atoms with E-state index in [-0.39, 0.29) is 24.4 Å². The number of nitrogens with one attached hydrogen (secondary N) is 2. The summed E-state index contributed by atoms with van der Waals surface area (Å²) in [5.74, 6) is 0.572. The van der Waals surface area contributed by atoms with Gasteiger partial charge in [0.1, 0.15) is 13.2 Å². The molecule has 1 heterocycles. The minimum atomic E-state index is -0.345. The second kappa shape index (κ2) is 6.91. The van der Waals surface area contributed by atoms with E-state index in [1.807, 2.05) is 0 Å². The third-order valence-electron chi connectivity index (χ3n) is 3.41. The molecule has 23 heavy (non-hydrogen) atoms. The number of benzene rings is 1. The van der Waals surface area contributed by atoms with Crippen LogP contribution in [0.5, 0.6) is 11.5 Å². The van der Waals surface area contributed by atoms with E-state index in [1.54, 1.807) is 18.2 Å². The molecule has 7 heteroatoms. The molecule has 1 aliphatic heterocycles. The summed E-state index contributed by atoms with van der Waals surface area (Å²) < 4.78 is 10.9. The Balaban J connectivity index is 1.55. The fourth-order valence-electron chi connectivity index (χ4n) is 2.13. The molecule has 1 saturated carbocycles. The highest BCUT2D eigenvalue weighted by Gasteiger charge is 2.23. The van der Waals surface area contributed by atoms with Crippen LogP contribution in [0.15, 0.2) is 18.2 Å². The van der Waals surface area contributed by atoms with Gasteiger partial charge in [0.15, 0.2) is 11.5 Å². The summed E-state index contributed by atoms with van der Waals surface area (Å²) in [5.41, 5.74) is 0.719. The lowest BCUT2D eigenvalue weighted by Crippen LogP contribution is -2.37. The predicted molar refractivity (Wildman–Crippen MR) is 85.7 cm³/mol. The van der Waals surface area contributed by atoms with Gasteiger partial charge in [-0.15, -0.1) is 0 Å². The van der Waals surface area contributed by atoms with Gasteiger partial charge in [0, 0.05) is 12.1 Å². The average Bonchev–Trinajstić information content (AvgIpc) is 3.35. The summed E-state index contributed by atoms with van der Waals surface area (Å²) in [7, 11) is 0. The van der Waals surface area contributed by atoms with Gasteiger partial charge in [-0.1, -0.05) is 11.6 Å². The van der Waals surface area contributed by atoms with E-state index in [0.29, 0.717) is 29.7 Å². The molecule has 3 rings (SSSR count). The second-order valence-corrected chi connectivity index (χ2v) is 5.83. The number of fused-ring (bicyclic) bond motifs is 1. The number of hydrogen-bond donors (Lipinski definition) is 2. The fourth-order valence-corrected chi connectivity index (χ4v) is 2.41. The van der Waals surface area contributed by atoms with Crippen molar-refractivity contribution in [3.63, 3.8) is 0 Å². The summed E-state index contributed by atoms with van der Waals surface area (Å²) in [6, 6.07) is 3.73. The van der Waals surface area contributed by atoms with Crippen LogP contribution in [0.25, 0.3) is 6.08 Å². The van der Waals surface area contributed by atoms with E-state index >= 15 is 0 Å². The van der Waals surface area contributed by atoms with Crippen LogP contribution < -0.4 is 20.1 Å². The molecule has 1 aliphatic carbocycles. The zero-order chi connectivity index (χ0) is 16.2. The van der Waals surface area contributed by atoms with Gasteiger partial charge >= 0.3 is 0 Å². The summed E-state index contributed by atoms with van der Waals surface area (Å²) in [6.07, 6.45) is 5.00. The maximum Gasteiger partial charge on any atom is 0.244 e. The maximum atomic E-state index is 11.7. The van der Waals surface area contributed by atoms with Crippen LogP contribution in [-0.4, -0.2) is 37.6 Å². The molecule has 0 spiro atoms. The molecule has 2 amide bonds. The van der Waals surface area contributed by atoms with Crippen molar-refractivity contribution in [3.8, 4) is 11.5 Å². The molecular weight excluding hydrogens is 320 g/mol. The van der Waals surface area contributed by atoms with Gasteiger partial charge in [-0.2, -0.15) is 0 Å². The van der Waals surface area contributed by atoms with Gasteiger partial charge < -0.3 is 20.1 Å². The maximum absolute atomic E-state index is 11.7. The third kappa shape index (κ3) is 4.39. The van der Waals surface area contributed by atoms with Gasteiger partial charge in [-0.05, 0) is 36.6 Å². The number of carbonyl (C=O) groups is 2. The van der Waals surface area contributed by atoms with Crippen LogP contribution in [0.3, 0.4) is 0 Å². The van der Waals surface area contributed by atoms with Crippen LogP contribution in [-0.2, 0) is 9.59 Å². The Morgan fingerprint density at radius 3 is 2.83 bits per heavy atom. The van der Waals surface area contributed by atoms with Gasteiger partial charge in [0.2, 0.25) is 11.8 Å². The normalized spacial score (nSPS) is 16.2. The zero-order valence-corrected chi connectivity index (χ0v) is 13.2. The van der Waals surface area contributed by atoms with Crippen LogP contribution >= 0.6 is 11.6 Å². The molecule has 0 aromatic heterocycles. The number of amides is 2. The zero-order valence-electron chi connectivity index (χ0n) is 12.4. The van der Waals surface area contributed by atoms with Crippen LogP contribution in [0.4, 0.5) is 0 Å². The molecule has 0 radical (unpaired) electrons. The highest BCUT2D eigenvalue weighted by atomic mass is 35.5. The topological polar surface area (TPSA) is 76.7 Å². The molecule has 1 aromatic rings. The first-order valence-electron chi connectivity index (χ1n) is 7.46. The van der Waals surface area contributed by atoms with Crippen LogP contribution in [0.2, 0.25) is 5.02 Å². The standard InChI is InChI=1S/C16H17ClN2O4/c17-12-7-10(8-13-16(12)23-6-5-22-13)1-4-14(20)18-9-15(21)19-11-2-3-11/h1,4,7-8,11H,2-3,5-6,9H2,(H,18,20)(H,19,21)/b4-1+. The van der Waals surface area contributed by atoms with Crippen molar-refractivity contribution in [2.75, 3.05) is 19.8 Å². The number of rotatable bonds is 5. The van der Waals surface area contributed by atoms with Crippen LogP contribution in [0, 0.1) is 0 Å². The molecule has 1 fully saturated rings. The Bertz CT molecular complexity index is 656. The molecule has 122 valence electrons. The Labute approximate surface area is 138 Å². The van der Waals surface area contributed by atoms with E-state index < -0.39 is 0 Å². The number of halogens is 1. The molecule has 2 aliphatic rings. The van der Waals surface area contributed by atoms with Gasteiger partial charge in [0.05, 0.1) is 11.6 Å². The third-order valence-corrected chi connectivity index (χ3v) is 3.69. The van der Waals surface area contributed by atoms with Crippen molar-refractivity contribution < 1.29 is 19.1 Å². The van der Waals surface area contributed by atoms with E-state index in [9.17, 15) is 9.59 Å². The summed E-state index contributed by atoms with van der Waals surface area (Å²) in [4.78, 5) is 23.2. The lowest BCUT2D eigenvalue weighted by atomic mass is 10.1. The Morgan fingerprint density at radius 2 is 2.04 bits per heavy atom. The molecular formula is C16H17ClN2O4. The molecule has 6 nitrogen and oxygen atoms in total. The highest BCUT2D eigenvalue weighted by molar-refractivity contribution is 6.32. The molecule has 1 aromatic carbocycles. The average molecular weight is 337 g/mol. The van der Waals surface area contributed by atoms with Crippen molar-refractivity contribution in [3.05, 3.63) is 28.8 Å². The van der Waals surface area contributed by atoms with E-state index in [0.717, 1.165) is 18.4 Å². The largest absolute Gasteiger partial charge is 0.486 e. The molecule has 0 unspecified atom stereocenters. The Hall–Kier alpha value is -2.21. The minimum absolute atomic E-state index is 0.0262. The van der Waals surface area contributed by atoms with E-state index in [1.165, 1.54) is 6.08 Å². The first-order valence-corrected chi connectivity index (χ1v) is 7.84. The lowest BCUT2D eigenvalue weighted by Gasteiger charge is -2.19. The molecule has 2 N–H and O–H groups in total. The van der Waals surface area contributed by atoms with Gasteiger partial charge in [-0.3, -0.25) is 9.59 Å². The smallest absolute Gasteiger partial charge is 0.244 e. The monoisotopic (exact) mass is 336 g/mol. The molecule has 0 saturated heterocycles. The SMILES string of the molecule is O=C(/C=C/c1cc(Cl)c2c(c1)OCCO2)NCC(=O)NC1CC1. The Kier molecular flexibility index (Phi) is 4.71. The second-order valence-electron chi connectivity index (χ2n) is 5.42. The van der Waals surface area contributed by atoms with Crippen molar-refractivity contribution >= 4 is 29.5 Å². The first-order chi connectivity index (χ1) is 11.1. The lowest BCUT2D eigenvalue weighted by molar-refractivity contribution is -0.124. The first kappa shape index (κ1) is 15.7. The summed E-state index contributed by atoms with van der Waals surface area (Å²) >= 11 is 6.13. The van der Waals surface area contributed by atoms with Crippen molar-refractivity contribution in [1.82, 2.24) is 10.6 Å². The van der Waals surface area contributed by atoms with E-state index in [4.69, 9.17) is 21.1 Å². The Morgan fingerprint density at radius 1 is 1.26 bits per heavy atom. The van der Waals surface area contributed by atoms with Crippen molar-refractivity contribution in [1.29, 1.82) is 0 Å². The predicted octanol–water partition coefficient (Wildman–Crippen LogP) is 1.52. The molecule has 0 atom stereocenters. The van der Waals surface area contributed by atoms with Crippen LogP contribution in [0.1, 0.15) is 18.4 Å². The number of carbonyl (C=O) groups excluding carboxylic acids is 2. The summed E-state index contributed by atoms with van der Waals surface area (Å²) in [6.45, 7) is 0.905. The van der Waals surface area contributed by atoms with Gasteiger partial charge in [0.25, 0.3) is 0 Å². The van der Waals surface area contributed by atoms with Crippen molar-refractivity contribution in [2.45, 2.75) is 18.9 Å². The van der Waals surface area contributed by atoms with Gasteiger partial charge in [-0.25, -0.2) is 0 Å². The number of ether oxygens (including phenoxy) is 2.